The lowest BCUT2D eigenvalue weighted by molar-refractivity contribution is 0.586. The second-order valence-corrected chi connectivity index (χ2v) is 8.41. The molecule has 2 aromatic rings. The van der Waals surface area contributed by atoms with Crippen LogP contribution in [-0.2, 0) is 10.0 Å². The Morgan fingerprint density at radius 1 is 1.21 bits per heavy atom. The molecule has 1 aromatic heterocycles. The van der Waals surface area contributed by atoms with Crippen LogP contribution in [0.5, 0.6) is 0 Å². The first-order chi connectivity index (χ1) is 9.10. The van der Waals surface area contributed by atoms with Gasteiger partial charge in [0, 0.05) is 10.6 Å². The Morgan fingerprint density at radius 3 is 2.74 bits per heavy atom. The zero-order chi connectivity index (χ0) is 13.5. The lowest BCUT2D eigenvalue weighted by atomic mass is 10.3. The van der Waals surface area contributed by atoms with Gasteiger partial charge in [0.15, 0.2) is 0 Å². The maximum absolute atomic E-state index is 12.7. The van der Waals surface area contributed by atoms with Crippen molar-refractivity contribution in [2.45, 2.75) is 22.1 Å². The SMILES string of the molecule is CC1CSc2ccccc2N1S(=O)(=O)c1cccs1. The fraction of sp³-hybridized carbons (Fsp3) is 0.231. The summed E-state index contributed by atoms with van der Waals surface area (Å²) in [6.45, 7) is 1.95. The normalized spacial score (nSPS) is 19.2. The summed E-state index contributed by atoms with van der Waals surface area (Å²) in [5.74, 6) is 0.779. The van der Waals surface area contributed by atoms with Gasteiger partial charge in [-0.3, -0.25) is 4.31 Å². The molecule has 0 saturated heterocycles. The predicted octanol–water partition coefficient (Wildman–Crippen LogP) is 3.44. The van der Waals surface area contributed by atoms with E-state index in [1.165, 1.54) is 11.3 Å². The third-order valence-electron chi connectivity index (χ3n) is 2.99. The molecule has 3 nitrogen and oxygen atoms in total. The molecular formula is C13H13NO2S3. The Hall–Kier alpha value is -0.980. The molecule has 1 aliphatic rings. The molecule has 3 rings (SSSR count). The number of anilines is 1. The van der Waals surface area contributed by atoms with Gasteiger partial charge >= 0.3 is 0 Å². The monoisotopic (exact) mass is 311 g/mol. The van der Waals surface area contributed by atoms with Crippen LogP contribution >= 0.6 is 23.1 Å². The number of thiophene rings is 1. The molecule has 0 aliphatic carbocycles. The molecule has 1 aromatic carbocycles. The van der Waals surface area contributed by atoms with Crippen molar-refractivity contribution >= 4 is 38.8 Å². The van der Waals surface area contributed by atoms with E-state index in [1.807, 2.05) is 31.2 Å². The summed E-state index contributed by atoms with van der Waals surface area (Å²) in [5, 5.41) is 1.79. The zero-order valence-corrected chi connectivity index (χ0v) is 12.8. The van der Waals surface area contributed by atoms with E-state index in [1.54, 1.807) is 33.6 Å². The summed E-state index contributed by atoms with van der Waals surface area (Å²) in [6.07, 6.45) is 0. The van der Waals surface area contributed by atoms with E-state index < -0.39 is 10.0 Å². The topological polar surface area (TPSA) is 37.4 Å². The van der Waals surface area contributed by atoms with E-state index in [4.69, 9.17) is 0 Å². The van der Waals surface area contributed by atoms with Gasteiger partial charge < -0.3 is 0 Å². The first kappa shape index (κ1) is 13.0. The van der Waals surface area contributed by atoms with Gasteiger partial charge in [-0.05, 0) is 30.5 Å². The highest BCUT2D eigenvalue weighted by Gasteiger charge is 2.34. The third kappa shape index (κ3) is 2.17. The van der Waals surface area contributed by atoms with Gasteiger partial charge in [-0.1, -0.05) is 18.2 Å². The van der Waals surface area contributed by atoms with Gasteiger partial charge in [-0.25, -0.2) is 8.42 Å². The summed E-state index contributed by atoms with van der Waals surface area (Å²) in [7, 11) is -3.44. The van der Waals surface area contributed by atoms with E-state index in [-0.39, 0.29) is 6.04 Å². The average Bonchev–Trinajstić information content (AvgIpc) is 2.92. The molecule has 100 valence electrons. The molecule has 0 fully saturated rings. The number of hydrogen-bond donors (Lipinski definition) is 0. The maximum Gasteiger partial charge on any atom is 0.274 e. The van der Waals surface area contributed by atoms with E-state index >= 15 is 0 Å². The molecular weight excluding hydrogens is 298 g/mol. The fourth-order valence-electron chi connectivity index (χ4n) is 2.15. The lowest BCUT2D eigenvalue weighted by Gasteiger charge is -2.35. The van der Waals surface area contributed by atoms with Crippen molar-refractivity contribution in [3.8, 4) is 0 Å². The van der Waals surface area contributed by atoms with Gasteiger partial charge in [0.1, 0.15) is 4.21 Å². The van der Waals surface area contributed by atoms with Crippen LogP contribution in [-0.4, -0.2) is 20.2 Å². The second kappa shape index (κ2) is 4.85. The van der Waals surface area contributed by atoms with E-state index in [0.29, 0.717) is 4.21 Å². The molecule has 6 heteroatoms. The highest BCUT2D eigenvalue weighted by Crippen LogP contribution is 2.40. The second-order valence-electron chi connectivity index (χ2n) is 4.36. The number of thioether (sulfide) groups is 1. The average molecular weight is 311 g/mol. The van der Waals surface area contributed by atoms with E-state index in [0.717, 1.165) is 16.3 Å². The molecule has 1 aliphatic heterocycles. The van der Waals surface area contributed by atoms with Gasteiger partial charge in [0.25, 0.3) is 10.0 Å². The minimum Gasteiger partial charge on any atom is -0.261 e. The van der Waals surface area contributed by atoms with Crippen molar-refractivity contribution in [2.75, 3.05) is 10.1 Å². The number of rotatable bonds is 2. The van der Waals surface area contributed by atoms with Crippen LogP contribution < -0.4 is 4.31 Å². The highest BCUT2D eigenvalue weighted by atomic mass is 32.2. The molecule has 2 heterocycles. The molecule has 1 atom stereocenters. The van der Waals surface area contributed by atoms with Crippen molar-refractivity contribution in [1.29, 1.82) is 0 Å². The number of para-hydroxylation sites is 1. The standard InChI is InChI=1S/C13H13NO2S3/c1-10-9-18-12-6-3-2-5-11(12)14(10)19(15,16)13-7-4-8-17-13/h2-8,10H,9H2,1H3. The summed E-state index contributed by atoms with van der Waals surface area (Å²) in [6, 6.07) is 11.1. The lowest BCUT2D eigenvalue weighted by Crippen LogP contribution is -2.42. The summed E-state index contributed by atoms with van der Waals surface area (Å²) >= 11 is 2.97. The third-order valence-corrected chi connectivity index (χ3v) is 7.60. The van der Waals surface area contributed by atoms with Gasteiger partial charge in [-0.15, -0.1) is 23.1 Å². The van der Waals surface area contributed by atoms with Crippen LogP contribution in [0.15, 0.2) is 50.9 Å². The van der Waals surface area contributed by atoms with Crippen LogP contribution in [0.2, 0.25) is 0 Å². The first-order valence-corrected chi connectivity index (χ1v) is 9.21. The first-order valence-electron chi connectivity index (χ1n) is 5.90. The van der Waals surface area contributed by atoms with E-state index in [2.05, 4.69) is 0 Å². The molecule has 0 saturated carbocycles. The summed E-state index contributed by atoms with van der Waals surface area (Å²) < 4.78 is 27.5. The van der Waals surface area contributed by atoms with Gasteiger partial charge in [0.05, 0.1) is 11.7 Å². The summed E-state index contributed by atoms with van der Waals surface area (Å²) in [4.78, 5) is 1.03. The zero-order valence-electron chi connectivity index (χ0n) is 10.3. The van der Waals surface area contributed by atoms with Crippen LogP contribution in [0.4, 0.5) is 5.69 Å². The predicted molar refractivity (Wildman–Crippen MR) is 80.6 cm³/mol. The molecule has 0 bridgehead atoms. The highest BCUT2D eigenvalue weighted by molar-refractivity contribution is 8.00. The smallest absolute Gasteiger partial charge is 0.261 e. The molecule has 19 heavy (non-hydrogen) atoms. The summed E-state index contributed by atoms with van der Waals surface area (Å²) in [5.41, 5.74) is 0.791. The largest absolute Gasteiger partial charge is 0.274 e. The number of benzene rings is 1. The maximum atomic E-state index is 12.7. The van der Waals surface area contributed by atoms with Gasteiger partial charge in [-0.2, -0.15) is 0 Å². The fourth-order valence-corrected chi connectivity index (χ4v) is 6.11. The van der Waals surface area contributed by atoms with Crippen molar-refractivity contribution in [1.82, 2.24) is 0 Å². The quantitative estimate of drug-likeness (QED) is 0.852. The number of sulfonamides is 1. The Morgan fingerprint density at radius 2 is 2.00 bits per heavy atom. The van der Waals surface area contributed by atoms with Crippen LogP contribution in [0.1, 0.15) is 6.92 Å². The molecule has 0 spiro atoms. The Kier molecular flexibility index (Phi) is 3.32. The van der Waals surface area contributed by atoms with E-state index in [9.17, 15) is 8.42 Å². The van der Waals surface area contributed by atoms with Crippen LogP contribution in [0.3, 0.4) is 0 Å². The minimum atomic E-state index is -3.44. The number of nitrogens with zero attached hydrogens (tertiary/aromatic N) is 1. The molecule has 1 unspecified atom stereocenters. The number of fused-ring (bicyclic) bond motifs is 1. The van der Waals surface area contributed by atoms with Gasteiger partial charge in [0.2, 0.25) is 0 Å². The van der Waals surface area contributed by atoms with Crippen LogP contribution in [0, 0.1) is 0 Å². The molecule has 0 amide bonds. The van der Waals surface area contributed by atoms with Crippen molar-refractivity contribution in [2.24, 2.45) is 0 Å². The van der Waals surface area contributed by atoms with Crippen molar-refractivity contribution < 1.29 is 8.42 Å². The Bertz CT molecular complexity index is 680. The van der Waals surface area contributed by atoms with Crippen molar-refractivity contribution in [3.05, 3.63) is 41.8 Å². The molecule has 0 radical (unpaired) electrons. The Labute approximate surface area is 121 Å². The number of hydrogen-bond acceptors (Lipinski definition) is 4. The molecule has 0 N–H and O–H groups in total. The Balaban J connectivity index is 2.15. The van der Waals surface area contributed by atoms with Crippen molar-refractivity contribution in [3.63, 3.8) is 0 Å². The minimum absolute atomic E-state index is 0.0352. The van der Waals surface area contributed by atoms with Crippen LogP contribution in [0.25, 0.3) is 0 Å².